The van der Waals surface area contributed by atoms with Crippen molar-refractivity contribution in [2.45, 2.75) is 32.2 Å². The molecule has 5 heteroatoms. The molecule has 2 rings (SSSR count). The Balaban J connectivity index is 2.20. The predicted molar refractivity (Wildman–Crippen MR) is 86.4 cm³/mol. The lowest BCUT2D eigenvalue weighted by Gasteiger charge is -2.08. The van der Waals surface area contributed by atoms with Crippen LogP contribution in [0.15, 0.2) is 18.2 Å². The molecule has 4 nitrogen and oxygen atoms in total. The molecule has 0 spiro atoms. The highest BCUT2D eigenvalue weighted by Gasteiger charge is 2.13. The number of halogens is 1. The highest BCUT2D eigenvalue weighted by molar-refractivity contribution is 6.17. The number of rotatable bonds is 9. The zero-order chi connectivity index (χ0) is 15.1. The van der Waals surface area contributed by atoms with Crippen molar-refractivity contribution in [3.05, 3.63) is 24.0 Å². The van der Waals surface area contributed by atoms with Crippen molar-refractivity contribution in [1.82, 2.24) is 9.55 Å². The molecule has 0 atom stereocenters. The van der Waals surface area contributed by atoms with E-state index in [1.165, 1.54) is 0 Å². The van der Waals surface area contributed by atoms with Crippen LogP contribution in [0.4, 0.5) is 0 Å². The van der Waals surface area contributed by atoms with E-state index in [1.54, 1.807) is 14.2 Å². The number of nitrogens with zero attached hydrogens (tertiary/aromatic N) is 2. The molecule has 0 aliphatic rings. The summed E-state index contributed by atoms with van der Waals surface area (Å²) in [5.41, 5.74) is 2.05. The minimum absolute atomic E-state index is 0.579. The molecule has 1 aromatic heterocycles. The van der Waals surface area contributed by atoms with Gasteiger partial charge in [0, 0.05) is 32.6 Å². The van der Waals surface area contributed by atoms with Crippen LogP contribution in [-0.4, -0.2) is 36.3 Å². The normalized spacial score (nSPS) is 11.2. The van der Waals surface area contributed by atoms with Crippen molar-refractivity contribution in [2.24, 2.45) is 0 Å². The molecule has 0 unspecified atom stereocenters. The van der Waals surface area contributed by atoms with Gasteiger partial charge in [0.05, 0.1) is 12.6 Å². The van der Waals surface area contributed by atoms with Gasteiger partial charge < -0.3 is 14.0 Å². The van der Waals surface area contributed by atoms with Crippen LogP contribution in [-0.2, 0) is 17.7 Å². The van der Waals surface area contributed by atoms with E-state index in [4.69, 9.17) is 26.1 Å². The third-order valence-corrected chi connectivity index (χ3v) is 3.78. The molecule has 0 N–H and O–H groups in total. The molecule has 0 saturated heterocycles. The van der Waals surface area contributed by atoms with Gasteiger partial charge in [0.15, 0.2) is 0 Å². The van der Waals surface area contributed by atoms with E-state index >= 15 is 0 Å². The number of imidazole rings is 1. The number of para-hydroxylation sites is 1. The fourth-order valence-corrected chi connectivity index (χ4v) is 2.72. The SMILES string of the molecule is COCCCCCn1c(CCCl)nc2c(OC)cccc21. The van der Waals surface area contributed by atoms with Gasteiger partial charge in [-0.2, -0.15) is 0 Å². The molecular weight excluding hydrogens is 288 g/mol. The smallest absolute Gasteiger partial charge is 0.146 e. The maximum atomic E-state index is 5.91. The number of unbranched alkanes of at least 4 members (excludes halogenated alkanes) is 2. The number of aryl methyl sites for hydroxylation is 2. The first kappa shape index (κ1) is 16.1. The number of ether oxygens (including phenoxy) is 2. The van der Waals surface area contributed by atoms with Gasteiger partial charge in [-0.3, -0.25) is 0 Å². The first-order valence-corrected chi connectivity index (χ1v) is 7.92. The van der Waals surface area contributed by atoms with Crippen molar-refractivity contribution in [3.8, 4) is 5.75 Å². The number of methoxy groups -OCH3 is 2. The summed E-state index contributed by atoms with van der Waals surface area (Å²) in [6, 6.07) is 6.05. The number of hydrogen-bond acceptors (Lipinski definition) is 3. The average molecular weight is 311 g/mol. The molecule has 116 valence electrons. The molecule has 0 aliphatic heterocycles. The van der Waals surface area contributed by atoms with Gasteiger partial charge in [0.25, 0.3) is 0 Å². The zero-order valence-corrected chi connectivity index (χ0v) is 13.5. The summed E-state index contributed by atoms with van der Waals surface area (Å²) in [6.07, 6.45) is 4.13. The van der Waals surface area contributed by atoms with E-state index in [-0.39, 0.29) is 0 Å². The van der Waals surface area contributed by atoms with Crippen LogP contribution >= 0.6 is 11.6 Å². The molecule has 21 heavy (non-hydrogen) atoms. The van der Waals surface area contributed by atoms with E-state index in [1.807, 2.05) is 12.1 Å². The topological polar surface area (TPSA) is 36.3 Å². The Bertz CT molecular complexity index is 569. The highest BCUT2D eigenvalue weighted by atomic mass is 35.5. The van der Waals surface area contributed by atoms with Crippen LogP contribution in [0.2, 0.25) is 0 Å². The van der Waals surface area contributed by atoms with E-state index in [9.17, 15) is 0 Å². The van der Waals surface area contributed by atoms with Crippen molar-refractivity contribution in [1.29, 1.82) is 0 Å². The second-order valence-electron chi connectivity index (χ2n) is 5.00. The van der Waals surface area contributed by atoms with Gasteiger partial charge in [0.1, 0.15) is 17.1 Å². The van der Waals surface area contributed by atoms with Gasteiger partial charge in [-0.15, -0.1) is 11.6 Å². The summed E-state index contributed by atoms with van der Waals surface area (Å²) in [7, 11) is 3.42. The van der Waals surface area contributed by atoms with Crippen LogP contribution in [0.5, 0.6) is 5.75 Å². The van der Waals surface area contributed by atoms with Crippen LogP contribution in [0, 0.1) is 0 Å². The van der Waals surface area contributed by atoms with Crippen molar-refractivity contribution < 1.29 is 9.47 Å². The minimum atomic E-state index is 0.579. The number of hydrogen-bond donors (Lipinski definition) is 0. The summed E-state index contributed by atoms with van der Waals surface area (Å²) in [5, 5.41) is 0. The van der Waals surface area contributed by atoms with Gasteiger partial charge in [0.2, 0.25) is 0 Å². The van der Waals surface area contributed by atoms with E-state index in [0.717, 1.165) is 61.4 Å². The lowest BCUT2D eigenvalue weighted by Crippen LogP contribution is -2.05. The van der Waals surface area contributed by atoms with Crippen LogP contribution in [0.25, 0.3) is 11.0 Å². The maximum absolute atomic E-state index is 5.91. The first-order chi connectivity index (χ1) is 10.3. The standard InChI is InChI=1S/C16H23ClN2O2/c1-20-12-5-3-4-11-19-13-7-6-8-14(21-2)16(13)18-15(19)9-10-17/h6-8H,3-5,9-12H2,1-2H3. The predicted octanol–water partition coefficient (Wildman–Crippen LogP) is 3.64. The first-order valence-electron chi connectivity index (χ1n) is 7.38. The molecule has 0 aliphatic carbocycles. The molecular formula is C16H23ClN2O2. The second-order valence-corrected chi connectivity index (χ2v) is 5.38. The maximum Gasteiger partial charge on any atom is 0.146 e. The number of aromatic nitrogens is 2. The molecule has 0 bridgehead atoms. The summed E-state index contributed by atoms with van der Waals surface area (Å²) >= 11 is 5.91. The number of alkyl halides is 1. The van der Waals surface area contributed by atoms with Gasteiger partial charge in [-0.05, 0) is 31.4 Å². The monoisotopic (exact) mass is 310 g/mol. The molecule has 2 aromatic rings. The van der Waals surface area contributed by atoms with E-state index < -0.39 is 0 Å². The fraction of sp³-hybridized carbons (Fsp3) is 0.562. The quantitative estimate of drug-likeness (QED) is 0.524. The molecule has 1 aromatic carbocycles. The molecule has 1 heterocycles. The lowest BCUT2D eigenvalue weighted by molar-refractivity contribution is 0.191. The van der Waals surface area contributed by atoms with Gasteiger partial charge in [-0.25, -0.2) is 4.98 Å². The Morgan fingerprint density at radius 2 is 2.05 bits per heavy atom. The lowest BCUT2D eigenvalue weighted by atomic mass is 10.2. The molecule has 0 saturated carbocycles. The van der Waals surface area contributed by atoms with E-state index in [0.29, 0.717) is 5.88 Å². The summed E-state index contributed by atoms with van der Waals surface area (Å²) < 4.78 is 12.8. The van der Waals surface area contributed by atoms with Crippen molar-refractivity contribution >= 4 is 22.6 Å². The van der Waals surface area contributed by atoms with Crippen LogP contribution < -0.4 is 4.74 Å². The molecule has 0 amide bonds. The molecule has 0 radical (unpaired) electrons. The Morgan fingerprint density at radius 3 is 2.76 bits per heavy atom. The fourth-order valence-electron chi connectivity index (χ4n) is 2.55. The third kappa shape index (κ3) is 3.89. The highest BCUT2D eigenvalue weighted by Crippen LogP contribution is 2.26. The third-order valence-electron chi connectivity index (χ3n) is 3.59. The Morgan fingerprint density at radius 1 is 1.19 bits per heavy atom. The second kappa shape index (κ2) is 8.25. The largest absolute Gasteiger partial charge is 0.494 e. The van der Waals surface area contributed by atoms with Crippen molar-refractivity contribution in [3.63, 3.8) is 0 Å². The number of fused-ring (bicyclic) bond motifs is 1. The Labute approximate surface area is 131 Å². The summed E-state index contributed by atoms with van der Waals surface area (Å²) in [6.45, 7) is 1.78. The average Bonchev–Trinajstić information content (AvgIpc) is 2.85. The zero-order valence-electron chi connectivity index (χ0n) is 12.8. The van der Waals surface area contributed by atoms with Crippen molar-refractivity contribution in [2.75, 3.05) is 26.7 Å². The van der Waals surface area contributed by atoms with Crippen LogP contribution in [0.3, 0.4) is 0 Å². The molecule has 0 fully saturated rings. The number of benzene rings is 1. The van der Waals surface area contributed by atoms with Gasteiger partial charge in [-0.1, -0.05) is 6.07 Å². The van der Waals surface area contributed by atoms with Gasteiger partial charge >= 0.3 is 0 Å². The minimum Gasteiger partial charge on any atom is -0.494 e. The summed E-state index contributed by atoms with van der Waals surface area (Å²) in [5.74, 6) is 2.44. The Kier molecular flexibility index (Phi) is 6.33. The van der Waals surface area contributed by atoms with Crippen LogP contribution in [0.1, 0.15) is 25.1 Å². The Hall–Kier alpha value is -1.26. The van der Waals surface area contributed by atoms with E-state index in [2.05, 4.69) is 10.6 Å². The summed E-state index contributed by atoms with van der Waals surface area (Å²) in [4.78, 5) is 4.72.